The van der Waals surface area contributed by atoms with Gasteiger partial charge in [-0.1, -0.05) is 12.1 Å². The van der Waals surface area contributed by atoms with Crippen LogP contribution in [0.25, 0.3) is 0 Å². The van der Waals surface area contributed by atoms with E-state index < -0.39 is 0 Å². The first-order chi connectivity index (χ1) is 14.1. The van der Waals surface area contributed by atoms with Crippen LogP contribution in [0.2, 0.25) is 0 Å². The zero-order chi connectivity index (χ0) is 20.1. The number of esters is 1. The fraction of sp³-hybridized carbons (Fsp3) is 0.435. The molecule has 0 aromatic heterocycles. The number of nitrogens with zero attached hydrogens (tertiary/aromatic N) is 1. The van der Waals surface area contributed by atoms with E-state index in [1.54, 1.807) is 18.2 Å². The van der Waals surface area contributed by atoms with Gasteiger partial charge < -0.3 is 10.1 Å². The zero-order valence-electron chi connectivity index (χ0n) is 16.3. The van der Waals surface area contributed by atoms with Gasteiger partial charge in [-0.05, 0) is 79.2 Å². The Labute approximate surface area is 169 Å². The van der Waals surface area contributed by atoms with E-state index in [0.29, 0.717) is 35.8 Å². The summed E-state index contributed by atoms with van der Waals surface area (Å²) in [6.07, 6.45) is 3.63. The first-order valence-electron chi connectivity index (χ1n) is 10.4. The first-order valence-corrected chi connectivity index (χ1v) is 10.4. The van der Waals surface area contributed by atoms with Gasteiger partial charge in [-0.15, -0.1) is 0 Å². The highest BCUT2D eigenvalue weighted by atomic mass is 16.6. The summed E-state index contributed by atoms with van der Waals surface area (Å²) in [5.41, 5.74) is 3.94. The molecule has 1 N–H and O–H groups in total. The Morgan fingerprint density at radius 1 is 1.21 bits per heavy atom. The number of non-ortho nitro benzene ring substituents is 1. The molecule has 2 aliphatic carbocycles. The number of nitrogens with one attached hydrogen (secondary N) is 1. The minimum absolute atomic E-state index is 0.0520. The maximum Gasteiger partial charge on any atom is 0.338 e. The Hall–Kier alpha value is -2.89. The topological polar surface area (TPSA) is 81.5 Å². The van der Waals surface area contributed by atoms with Gasteiger partial charge in [0.25, 0.3) is 5.69 Å². The summed E-state index contributed by atoms with van der Waals surface area (Å²) in [6, 6.07) is 12.8. The van der Waals surface area contributed by atoms with E-state index in [2.05, 4.69) is 5.32 Å². The van der Waals surface area contributed by atoms with Gasteiger partial charge in [0.05, 0.1) is 23.1 Å². The van der Waals surface area contributed by atoms with E-state index in [4.69, 9.17) is 4.74 Å². The minimum atomic E-state index is -0.329. The Kier molecular flexibility index (Phi) is 4.30. The number of nitro groups is 1. The number of benzene rings is 2. The first kappa shape index (κ1) is 18.2. The van der Waals surface area contributed by atoms with Crippen molar-refractivity contribution in [3.63, 3.8) is 0 Å². The van der Waals surface area contributed by atoms with Crippen LogP contribution in [-0.4, -0.2) is 17.5 Å². The fourth-order valence-corrected chi connectivity index (χ4v) is 5.99. The molecule has 5 atom stereocenters. The van der Waals surface area contributed by atoms with Gasteiger partial charge in [0, 0.05) is 17.8 Å². The lowest BCUT2D eigenvalue weighted by molar-refractivity contribution is -0.384. The van der Waals surface area contributed by atoms with Crippen molar-refractivity contribution < 1.29 is 14.5 Å². The molecule has 6 heteroatoms. The van der Waals surface area contributed by atoms with Crippen LogP contribution in [0.15, 0.2) is 42.5 Å². The molecule has 6 nitrogen and oxygen atoms in total. The van der Waals surface area contributed by atoms with Crippen molar-refractivity contribution in [2.45, 2.75) is 38.1 Å². The predicted octanol–water partition coefficient (Wildman–Crippen LogP) is 5.07. The van der Waals surface area contributed by atoms with E-state index in [0.717, 1.165) is 11.3 Å². The van der Waals surface area contributed by atoms with Crippen LogP contribution in [0.5, 0.6) is 0 Å². The second-order valence-electron chi connectivity index (χ2n) is 8.43. The summed E-state index contributed by atoms with van der Waals surface area (Å²) in [5, 5.41) is 14.9. The van der Waals surface area contributed by atoms with Crippen LogP contribution in [0.4, 0.5) is 11.4 Å². The maximum atomic E-state index is 12.3. The van der Waals surface area contributed by atoms with Crippen LogP contribution < -0.4 is 5.32 Å². The molecule has 1 aliphatic heterocycles. The van der Waals surface area contributed by atoms with Crippen LogP contribution in [0, 0.1) is 27.9 Å². The van der Waals surface area contributed by atoms with Gasteiger partial charge >= 0.3 is 5.97 Å². The summed E-state index contributed by atoms with van der Waals surface area (Å²) in [5.74, 6) is 1.71. The van der Waals surface area contributed by atoms with Gasteiger partial charge in [-0.3, -0.25) is 10.1 Å². The van der Waals surface area contributed by atoms with Crippen LogP contribution >= 0.6 is 0 Å². The fourth-order valence-electron chi connectivity index (χ4n) is 5.99. The smallest absolute Gasteiger partial charge is 0.338 e. The molecule has 3 aliphatic rings. The van der Waals surface area contributed by atoms with Gasteiger partial charge in [-0.2, -0.15) is 0 Å². The average Bonchev–Trinajstić information content (AvgIpc) is 3.35. The number of nitro benzene ring substituents is 1. The quantitative estimate of drug-likeness (QED) is 0.446. The highest BCUT2D eigenvalue weighted by molar-refractivity contribution is 5.90. The highest BCUT2D eigenvalue weighted by Crippen LogP contribution is 2.63. The molecule has 150 valence electrons. The molecule has 2 aromatic rings. The van der Waals surface area contributed by atoms with Crippen molar-refractivity contribution >= 4 is 17.3 Å². The number of rotatable bonds is 4. The molecule has 0 radical (unpaired) electrons. The van der Waals surface area contributed by atoms with E-state index >= 15 is 0 Å². The summed E-state index contributed by atoms with van der Waals surface area (Å²) in [6.45, 7) is 2.17. The minimum Gasteiger partial charge on any atom is -0.462 e. The summed E-state index contributed by atoms with van der Waals surface area (Å²) < 4.78 is 5.20. The number of ether oxygens (including phenoxy) is 1. The molecule has 0 spiro atoms. The largest absolute Gasteiger partial charge is 0.462 e. The Bertz CT molecular complexity index is 989. The number of hydrogen-bond acceptors (Lipinski definition) is 5. The van der Waals surface area contributed by atoms with Crippen molar-refractivity contribution in [2.75, 3.05) is 11.9 Å². The Balaban J connectivity index is 1.57. The monoisotopic (exact) mass is 392 g/mol. The molecular formula is C23H24N2O4. The SMILES string of the molecule is CCOC(=O)c1ccc2c(c1)[C@@H]1[C@H]3CC[C@@H](C3)[C@H]1[C@@H](c1cccc([N+](=O)[O-])c1)N2. The van der Waals surface area contributed by atoms with Crippen LogP contribution in [-0.2, 0) is 4.74 Å². The van der Waals surface area contributed by atoms with Gasteiger partial charge in [-0.25, -0.2) is 4.79 Å². The van der Waals surface area contributed by atoms with Crippen LogP contribution in [0.3, 0.4) is 0 Å². The van der Waals surface area contributed by atoms with E-state index in [1.807, 2.05) is 31.2 Å². The van der Waals surface area contributed by atoms with Crippen molar-refractivity contribution in [1.82, 2.24) is 0 Å². The normalized spacial score (nSPS) is 28.9. The lowest BCUT2D eigenvalue weighted by Crippen LogP contribution is -2.35. The summed E-state index contributed by atoms with van der Waals surface area (Å²) >= 11 is 0. The average molecular weight is 392 g/mol. The highest BCUT2D eigenvalue weighted by Gasteiger charge is 2.54. The number of anilines is 1. The second kappa shape index (κ2) is 6.87. The molecule has 2 aromatic carbocycles. The van der Waals surface area contributed by atoms with Gasteiger partial charge in [0.1, 0.15) is 0 Å². The third kappa shape index (κ3) is 2.89. The molecule has 1 heterocycles. The summed E-state index contributed by atoms with van der Waals surface area (Å²) in [7, 11) is 0. The van der Waals surface area contributed by atoms with E-state index in [-0.39, 0.29) is 22.6 Å². The molecular weight excluding hydrogens is 368 g/mol. The standard InChI is InChI=1S/C23H24N2O4/c1-2-29-23(26)16-8-9-19-18(12-16)20-13-6-7-14(10-13)21(20)22(24-19)15-4-3-5-17(11-15)25(27)28/h3-5,8-9,11-14,20-22,24H,2,6-7,10H2,1H3/t13-,14-,20-,21+,22+/m0/s1. The molecule has 2 saturated carbocycles. The van der Waals surface area contributed by atoms with E-state index in [9.17, 15) is 14.9 Å². The Morgan fingerprint density at radius 2 is 2.03 bits per heavy atom. The number of fused-ring (bicyclic) bond motifs is 7. The molecule has 2 fully saturated rings. The van der Waals surface area contributed by atoms with Crippen molar-refractivity contribution in [3.8, 4) is 0 Å². The molecule has 29 heavy (non-hydrogen) atoms. The third-order valence-corrected chi connectivity index (χ3v) is 7.04. The second-order valence-corrected chi connectivity index (χ2v) is 8.43. The van der Waals surface area contributed by atoms with Crippen molar-refractivity contribution in [1.29, 1.82) is 0 Å². The third-order valence-electron chi connectivity index (χ3n) is 7.04. The van der Waals surface area contributed by atoms with Gasteiger partial charge in [0.2, 0.25) is 0 Å². The van der Waals surface area contributed by atoms with Gasteiger partial charge in [0.15, 0.2) is 0 Å². The molecule has 5 rings (SSSR count). The predicted molar refractivity (Wildman–Crippen MR) is 109 cm³/mol. The van der Waals surface area contributed by atoms with E-state index in [1.165, 1.54) is 24.8 Å². The Morgan fingerprint density at radius 3 is 2.83 bits per heavy atom. The number of carbonyl (C=O) groups is 1. The molecule has 0 saturated heterocycles. The maximum absolute atomic E-state index is 12.3. The molecule has 0 unspecified atom stereocenters. The summed E-state index contributed by atoms with van der Waals surface area (Å²) in [4.78, 5) is 23.2. The molecule has 0 amide bonds. The zero-order valence-corrected chi connectivity index (χ0v) is 16.3. The lowest BCUT2D eigenvalue weighted by Gasteiger charge is -2.43. The van der Waals surface area contributed by atoms with Crippen LogP contribution in [0.1, 0.15) is 59.6 Å². The number of hydrogen-bond donors (Lipinski definition) is 1. The number of carbonyl (C=O) groups excluding carboxylic acids is 1. The van der Waals surface area contributed by atoms with Crippen molar-refractivity contribution in [3.05, 3.63) is 69.3 Å². The lowest BCUT2D eigenvalue weighted by atomic mass is 9.68. The molecule has 2 bridgehead atoms. The van der Waals surface area contributed by atoms with Crippen molar-refractivity contribution in [2.24, 2.45) is 17.8 Å².